The van der Waals surface area contributed by atoms with Crippen molar-refractivity contribution in [2.45, 2.75) is 11.8 Å². The van der Waals surface area contributed by atoms with Gasteiger partial charge >= 0.3 is 0 Å². The first-order valence-corrected chi connectivity index (χ1v) is 7.02. The van der Waals surface area contributed by atoms with Crippen LogP contribution in [0.5, 0.6) is 0 Å². The van der Waals surface area contributed by atoms with E-state index in [1.165, 1.54) is 12.1 Å². The highest BCUT2D eigenvalue weighted by molar-refractivity contribution is 7.91. The van der Waals surface area contributed by atoms with Crippen molar-refractivity contribution < 1.29 is 13.3 Å². The van der Waals surface area contributed by atoms with E-state index in [2.05, 4.69) is 0 Å². The van der Waals surface area contributed by atoms with Crippen LogP contribution in [0.1, 0.15) is 5.56 Å². The predicted molar refractivity (Wildman–Crippen MR) is 68.4 cm³/mol. The van der Waals surface area contributed by atoms with E-state index in [0.29, 0.717) is 12.1 Å². The number of hydrogen-bond acceptors (Lipinski definition) is 5. The van der Waals surface area contributed by atoms with Crippen molar-refractivity contribution in [1.29, 1.82) is 0 Å². The van der Waals surface area contributed by atoms with E-state index in [1.54, 1.807) is 25.9 Å². The molecule has 1 rings (SSSR count). The highest BCUT2D eigenvalue weighted by atomic mass is 32.2. The molecule has 0 aliphatic rings. The van der Waals surface area contributed by atoms with Crippen molar-refractivity contribution >= 4 is 15.5 Å². The summed E-state index contributed by atoms with van der Waals surface area (Å²) in [5.41, 5.74) is 0.285. The molecule has 0 atom stereocenters. The van der Waals surface area contributed by atoms with Gasteiger partial charge in [0.25, 0.3) is 5.69 Å². The van der Waals surface area contributed by atoms with Gasteiger partial charge in [-0.1, -0.05) is 6.07 Å². The van der Waals surface area contributed by atoms with Crippen molar-refractivity contribution in [3.05, 3.63) is 33.9 Å². The highest BCUT2D eigenvalue weighted by Crippen LogP contribution is 2.22. The van der Waals surface area contributed by atoms with Crippen molar-refractivity contribution in [1.82, 2.24) is 4.90 Å². The smallest absolute Gasteiger partial charge is 0.273 e. The minimum Gasteiger partial charge on any atom is -0.308 e. The van der Waals surface area contributed by atoms with E-state index < -0.39 is 14.8 Å². The summed E-state index contributed by atoms with van der Waals surface area (Å²) in [4.78, 5) is 12.0. The van der Waals surface area contributed by atoms with Gasteiger partial charge in [0.2, 0.25) is 0 Å². The van der Waals surface area contributed by atoms with Crippen molar-refractivity contribution in [2.75, 3.05) is 26.4 Å². The molecule has 18 heavy (non-hydrogen) atoms. The maximum Gasteiger partial charge on any atom is 0.273 e. The van der Waals surface area contributed by atoms with Crippen LogP contribution < -0.4 is 0 Å². The summed E-state index contributed by atoms with van der Waals surface area (Å²) in [7, 11) is 0.0677. The van der Waals surface area contributed by atoms with Gasteiger partial charge in [0.05, 0.1) is 15.6 Å². The number of nitro groups is 1. The minimum atomic E-state index is -3.47. The largest absolute Gasteiger partial charge is 0.308 e. The molecule has 0 fully saturated rings. The average Bonchev–Trinajstić information content (AvgIpc) is 2.26. The first kappa shape index (κ1) is 14.6. The first-order chi connectivity index (χ1) is 8.24. The molecule has 7 heteroatoms. The molecule has 0 heterocycles. The second-order valence-electron chi connectivity index (χ2n) is 4.33. The second-order valence-corrected chi connectivity index (χ2v) is 6.44. The monoisotopic (exact) mass is 272 g/mol. The highest BCUT2D eigenvalue weighted by Gasteiger charge is 2.19. The van der Waals surface area contributed by atoms with Crippen LogP contribution in [0.15, 0.2) is 23.1 Å². The predicted octanol–water partition coefficient (Wildman–Crippen LogP) is 1.24. The number of benzene rings is 1. The SMILES string of the molecule is Cc1ccc(S(=O)(=O)CCN(C)C)cc1[N+](=O)[O-]. The normalized spacial score (nSPS) is 11.8. The Hall–Kier alpha value is -1.47. The van der Waals surface area contributed by atoms with Gasteiger partial charge in [0.1, 0.15) is 0 Å². The molecule has 0 amide bonds. The molecule has 0 saturated heterocycles. The van der Waals surface area contributed by atoms with Crippen LogP contribution in [0, 0.1) is 17.0 Å². The van der Waals surface area contributed by atoms with Crippen LogP contribution in [-0.4, -0.2) is 44.6 Å². The van der Waals surface area contributed by atoms with Crippen molar-refractivity contribution in [3.63, 3.8) is 0 Å². The molecule has 0 saturated carbocycles. The standard InChI is InChI=1S/C11H16N2O4S/c1-9-4-5-10(8-11(9)13(14)15)18(16,17)7-6-12(2)3/h4-5,8H,6-7H2,1-3H3. The summed E-state index contributed by atoms with van der Waals surface area (Å²) in [5.74, 6) is -0.0553. The number of nitro benzene ring substituents is 1. The van der Waals surface area contributed by atoms with Gasteiger partial charge < -0.3 is 4.90 Å². The molecule has 0 aliphatic carbocycles. The Labute approximate surface area is 106 Å². The third kappa shape index (κ3) is 3.51. The minimum absolute atomic E-state index is 0.00153. The Balaban J connectivity index is 3.10. The van der Waals surface area contributed by atoms with E-state index >= 15 is 0 Å². The lowest BCUT2D eigenvalue weighted by molar-refractivity contribution is -0.385. The number of sulfone groups is 1. The number of rotatable bonds is 5. The molecule has 100 valence electrons. The number of nitrogens with zero attached hydrogens (tertiary/aromatic N) is 2. The van der Waals surface area contributed by atoms with E-state index in [0.717, 1.165) is 6.07 Å². The molecule has 0 N–H and O–H groups in total. The molecule has 0 aliphatic heterocycles. The van der Waals surface area contributed by atoms with Gasteiger partial charge in [-0.05, 0) is 27.1 Å². The molecule has 1 aromatic rings. The van der Waals surface area contributed by atoms with E-state index in [4.69, 9.17) is 0 Å². The fourth-order valence-electron chi connectivity index (χ4n) is 1.40. The lowest BCUT2D eigenvalue weighted by atomic mass is 10.2. The topological polar surface area (TPSA) is 80.5 Å². The summed E-state index contributed by atoms with van der Waals surface area (Å²) >= 11 is 0. The molecule has 0 unspecified atom stereocenters. The van der Waals surface area contributed by atoms with Crippen molar-refractivity contribution in [3.8, 4) is 0 Å². The lowest BCUT2D eigenvalue weighted by Crippen LogP contribution is -2.22. The zero-order valence-electron chi connectivity index (χ0n) is 10.6. The summed E-state index contributed by atoms with van der Waals surface area (Å²) < 4.78 is 23.9. The van der Waals surface area contributed by atoms with Gasteiger partial charge in [-0.2, -0.15) is 0 Å². The van der Waals surface area contributed by atoms with Gasteiger partial charge in [-0.15, -0.1) is 0 Å². The van der Waals surface area contributed by atoms with Crippen LogP contribution in [0.25, 0.3) is 0 Å². The quantitative estimate of drug-likeness (QED) is 0.595. The summed E-state index contributed by atoms with van der Waals surface area (Å²) in [5, 5.41) is 10.8. The number of hydrogen-bond donors (Lipinski definition) is 0. The molecule has 0 aromatic heterocycles. The lowest BCUT2D eigenvalue weighted by Gasteiger charge is -2.10. The zero-order chi connectivity index (χ0) is 13.9. The maximum atomic E-state index is 12.0. The van der Waals surface area contributed by atoms with Crippen LogP contribution in [0.2, 0.25) is 0 Å². The van der Waals surface area contributed by atoms with E-state index in [9.17, 15) is 18.5 Å². The van der Waals surface area contributed by atoms with Gasteiger partial charge in [-0.3, -0.25) is 10.1 Å². The third-order valence-electron chi connectivity index (χ3n) is 2.54. The van der Waals surface area contributed by atoms with Crippen LogP contribution in [0.4, 0.5) is 5.69 Å². The Bertz CT molecular complexity index is 552. The van der Waals surface area contributed by atoms with E-state index in [-0.39, 0.29) is 16.3 Å². The zero-order valence-corrected chi connectivity index (χ0v) is 11.4. The van der Waals surface area contributed by atoms with Gasteiger partial charge in [-0.25, -0.2) is 8.42 Å². The molecular formula is C11H16N2O4S. The van der Waals surface area contributed by atoms with Gasteiger partial charge in [0, 0.05) is 18.2 Å². The second kappa shape index (κ2) is 5.45. The number of aryl methyl sites for hydroxylation is 1. The Morgan fingerprint density at radius 1 is 1.33 bits per heavy atom. The fourth-order valence-corrected chi connectivity index (χ4v) is 2.81. The van der Waals surface area contributed by atoms with E-state index in [1.807, 2.05) is 0 Å². The summed E-state index contributed by atoms with van der Waals surface area (Å²) in [6.45, 7) is 1.96. The molecule has 1 aromatic carbocycles. The van der Waals surface area contributed by atoms with Crippen LogP contribution in [-0.2, 0) is 9.84 Å². The molecule has 0 radical (unpaired) electrons. The fraction of sp³-hybridized carbons (Fsp3) is 0.455. The molecule has 0 bridgehead atoms. The Kier molecular flexibility index (Phi) is 4.42. The van der Waals surface area contributed by atoms with Crippen LogP contribution >= 0.6 is 0 Å². The molecular weight excluding hydrogens is 256 g/mol. The first-order valence-electron chi connectivity index (χ1n) is 5.36. The van der Waals surface area contributed by atoms with Gasteiger partial charge in [0.15, 0.2) is 9.84 Å². The van der Waals surface area contributed by atoms with Crippen LogP contribution in [0.3, 0.4) is 0 Å². The average molecular weight is 272 g/mol. The molecule has 6 nitrogen and oxygen atoms in total. The summed E-state index contributed by atoms with van der Waals surface area (Å²) in [6.07, 6.45) is 0. The third-order valence-corrected chi connectivity index (χ3v) is 4.24. The van der Waals surface area contributed by atoms with Crippen molar-refractivity contribution in [2.24, 2.45) is 0 Å². The maximum absolute atomic E-state index is 12.0. The molecule has 0 spiro atoms. The summed E-state index contributed by atoms with van der Waals surface area (Å²) in [6, 6.07) is 3.99. The Morgan fingerprint density at radius 3 is 2.44 bits per heavy atom. The Morgan fingerprint density at radius 2 is 1.94 bits per heavy atom.